The number of carboxylic acid groups (broad SMARTS) is 1. The fourth-order valence-corrected chi connectivity index (χ4v) is 2.61. The third-order valence-electron chi connectivity index (χ3n) is 4.17. The minimum atomic E-state index is -1.09. The molecule has 25 heavy (non-hydrogen) atoms. The van der Waals surface area contributed by atoms with Gasteiger partial charge in [-0.25, -0.2) is 4.79 Å². The summed E-state index contributed by atoms with van der Waals surface area (Å²) in [5.74, 6) is -0.493. The highest BCUT2D eigenvalue weighted by Crippen LogP contribution is 2.21. The fourth-order valence-electron chi connectivity index (χ4n) is 2.61. The highest BCUT2D eigenvalue weighted by atomic mass is 16.5. The van der Waals surface area contributed by atoms with E-state index in [9.17, 15) is 14.7 Å². The number of aliphatic carboxylic acids is 1. The molecule has 5 nitrogen and oxygen atoms in total. The summed E-state index contributed by atoms with van der Waals surface area (Å²) < 4.78 is 5.06. The molecule has 2 aromatic carbocycles. The first kappa shape index (κ1) is 18.5. The number of hydrogen-bond acceptors (Lipinski definition) is 3. The highest BCUT2D eigenvalue weighted by Gasteiger charge is 2.22. The van der Waals surface area contributed by atoms with E-state index in [2.05, 4.69) is 12.2 Å². The topological polar surface area (TPSA) is 75.6 Å². The van der Waals surface area contributed by atoms with Crippen molar-refractivity contribution < 1.29 is 19.4 Å². The third kappa shape index (κ3) is 5.35. The van der Waals surface area contributed by atoms with Crippen molar-refractivity contribution in [3.8, 4) is 5.75 Å². The second-order valence-corrected chi connectivity index (χ2v) is 5.96. The van der Waals surface area contributed by atoms with Crippen LogP contribution >= 0.6 is 0 Å². The van der Waals surface area contributed by atoms with Crippen molar-refractivity contribution >= 4 is 11.9 Å². The van der Waals surface area contributed by atoms with Crippen LogP contribution in [-0.4, -0.2) is 24.1 Å². The molecule has 5 heteroatoms. The summed E-state index contributed by atoms with van der Waals surface area (Å²) in [6.07, 6.45) is 0.931. The molecule has 0 aromatic heterocycles. The van der Waals surface area contributed by atoms with E-state index in [1.165, 1.54) is 5.56 Å². The monoisotopic (exact) mass is 341 g/mol. The molecule has 132 valence electrons. The van der Waals surface area contributed by atoms with Crippen LogP contribution < -0.4 is 10.1 Å². The van der Waals surface area contributed by atoms with Gasteiger partial charge in [0.2, 0.25) is 5.91 Å². The molecule has 2 N–H and O–H groups in total. The summed E-state index contributed by atoms with van der Waals surface area (Å²) in [5, 5.41) is 12.0. The van der Waals surface area contributed by atoms with E-state index in [-0.39, 0.29) is 18.2 Å². The molecule has 0 fully saturated rings. The van der Waals surface area contributed by atoms with Crippen molar-refractivity contribution in [1.82, 2.24) is 5.32 Å². The lowest BCUT2D eigenvalue weighted by molar-refractivity contribution is -0.142. The predicted molar refractivity (Wildman–Crippen MR) is 95.6 cm³/mol. The molecule has 0 aliphatic carbocycles. The van der Waals surface area contributed by atoms with Crippen LogP contribution in [0.15, 0.2) is 54.6 Å². The van der Waals surface area contributed by atoms with Gasteiger partial charge in [0.1, 0.15) is 5.75 Å². The molecule has 2 atom stereocenters. The molecule has 0 heterocycles. The molecule has 2 unspecified atom stereocenters. The number of hydrogen-bond donors (Lipinski definition) is 2. The summed E-state index contributed by atoms with van der Waals surface area (Å²) in [5.41, 5.74) is 1.68. The maximum atomic E-state index is 12.2. The Morgan fingerprint density at radius 1 is 1.04 bits per heavy atom. The third-order valence-corrected chi connectivity index (χ3v) is 4.17. The molecule has 2 aromatic rings. The van der Waals surface area contributed by atoms with Crippen LogP contribution in [-0.2, 0) is 9.59 Å². The summed E-state index contributed by atoms with van der Waals surface area (Å²) in [7, 11) is 1.54. The molecule has 1 amide bonds. The Morgan fingerprint density at radius 3 is 2.24 bits per heavy atom. The number of ether oxygens (including phenoxy) is 1. The second-order valence-electron chi connectivity index (χ2n) is 5.96. The highest BCUT2D eigenvalue weighted by molar-refractivity contribution is 5.84. The average molecular weight is 341 g/mol. The number of carboxylic acids is 1. The van der Waals surface area contributed by atoms with E-state index in [4.69, 9.17) is 4.74 Å². The molecular weight excluding hydrogens is 318 g/mol. The Labute approximate surface area is 147 Å². The van der Waals surface area contributed by atoms with Crippen LogP contribution in [0.1, 0.15) is 42.9 Å². The maximum absolute atomic E-state index is 12.2. The Morgan fingerprint density at radius 2 is 1.68 bits per heavy atom. The molecule has 0 radical (unpaired) electrons. The minimum absolute atomic E-state index is 0.233. The van der Waals surface area contributed by atoms with E-state index in [1.54, 1.807) is 31.4 Å². The van der Waals surface area contributed by atoms with Gasteiger partial charge in [-0.2, -0.15) is 0 Å². The zero-order valence-electron chi connectivity index (χ0n) is 14.4. The molecule has 0 saturated carbocycles. The molecular formula is C20H23NO4. The van der Waals surface area contributed by atoms with Gasteiger partial charge in [-0.3, -0.25) is 4.79 Å². The van der Waals surface area contributed by atoms with Crippen molar-refractivity contribution in [1.29, 1.82) is 0 Å². The average Bonchev–Trinajstić information content (AvgIpc) is 2.64. The molecule has 2 rings (SSSR count). The quantitative estimate of drug-likeness (QED) is 0.770. The molecule has 0 aliphatic heterocycles. The number of methoxy groups -OCH3 is 1. The lowest BCUT2D eigenvalue weighted by Gasteiger charge is -2.16. The van der Waals surface area contributed by atoms with Crippen LogP contribution in [0, 0.1) is 0 Å². The summed E-state index contributed by atoms with van der Waals surface area (Å²) in [4.78, 5) is 23.7. The van der Waals surface area contributed by atoms with Crippen LogP contribution in [0.25, 0.3) is 0 Å². The fraction of sp³-hybridized carbons (Fsp3) is 0.300. The van der Waals surface area contributed by atoms with Crippen LogP contribution in [0.5, 0.6) is 5.75 Å². The maximum Gasteiger partial charge on any atom is 0.330 e. The van der Waals surface area contributed by atoms with Gasteiger partial charge in [0.15, 0.2) is 6.04 Å². The Balaban J connectivity index is 1.94. The number of carbonyl (C=O) groups excluding carboxylic acids is 1. The van der Waals surface area contributed by atoms with Crippen LogP contribution in [0.2, 0.25) is 0 Å². The summed E-state index contributed by atoms with van der Waals surface area (Å²) in [6.45, 7) is 2.06. The largest absolute Gasteiger partial charge is 0.497 e. The van der Waals surface area contributed by atoms with Crippen molar-refractivity contribution in [3.05, 3.63) is 65.7 Å². The minimum Gasteiger partial charge on any atom is -0.497 e. The van der Waals surface area contributed by atoms with Crippen molar-refractivity contribution in [2.75, 3.05) is 7.11 Å². The first-order chi connectivity index (χ1) is 12.0. The molecule has 0 saturated heterocycles. The zero-order valence-corrected chi connectivity index (χ0v) is 14.4. The second kappa shape index (κ2) is 8.87. The van der Waals surface area contributed by atoms with Gasteiger partial charge in [0.25, 0.3) is 0 Å². The lowest BCUT2D eigenvalue weighted by atomic mass is 9.96. The smallest absolute Gasteiger partial charge is 0.330 e. The van der Waals surface area contributed by atoms with E-state index in [1.807, 2.05) is 30.3 Å². The van der Waals surface area contributed by atoms with Gasteiger partial charge < -0.3 is 15.2 Å². The number of benzene rings is 2. The number of rotatable bonds is 8. The normalized spacial score (nSPS) is 12.9. The van der Waals surface area contributed by atoms with E-state index >= 15 is 0 Å². The Kier molecular flexibility index (Phi) is 6.57. The van der Waals surface area contributed by atoms with Gasteiger partial charge in [0.05, 0.1) is 7.11 Å². The molecule has 0 spiro atoms. The van der Waals surface area contributed by atoms with E-state index in [0.717, 1.165) is 0 Å². The summed E-state index contributed by atoms with van der Waals surface area (Å²) in [6, 6.07) is 15.5. The molecule has 0 bridgehead atoms. The molecule has 0 aliphatic rings. The van der Waals surface area contributed by atoms with Gasteiger partial charge in [0, 0.05) is 6.42 Å². The Bertz CT molecular complexity index is 697. The van der Waals surface area contributed by atoms with E-state index in [0.29, 0.717) is 17.7 Å². The van der Waals surface area contributed by atoms with Crippen LogP contribution in [0.4, 0.5) is 0 Å². The van der Waals surface area contributed by atoms with E-state index < -0.39 is 12.0 Å². The van der Waals surface area contributed by atoms with Gasteiger partial charge in [-0.15, -0.1) is 0 Å². The van der Waals surface area contributed by atoms with Crippen LogP contribution in [0.3, 0.4) is 0 Å². The number of amides is 1. The van der Waals surface area contributed by atoms with Gasteiger partial charge >= 0.3 is 5.97 Å². The standard InChI is InChI=1S/C20H23NO4/c1-14(15-6-4-3-5-7-15)8-13-18(22)21-19(20(23)24)16-9-11-17(25-2)12-10-16/h3-7,9-12,14,19H,8,13H2,1-2H3,(H,21,22)(H,23,24). The predicted octanol–water partition coefficient (Wildman–Crippen LogP) is 3.52. The first-order valence-corrected chi connectivity index (χ1v) is 8.22. The Hall–Kier alpha value is -2.82. The first-order valence-electron chi connectivity index (χ1n) is 8.22. The van der Waals surface area contributed by atoms with Crippen molar-refractivity contribution in [2.45, 2.75) is 31.7 Å². The number of carbonyl (C=O) groups is 2. The van der Waals surface area contributed by atoms with Gasteiger partial charge in [-0.1, -0.05) is 49.4 Å². The number of nitrogens with one attached hydrogen (secondary N) is 1. The van der Waals surface area contributed by atoms with Crippen molar-refractivity contribution in [3.63, 3.8) is 0 Å². The lowest BCUT2D eigenvalue weighted by Crippen LogP contribution is -2.33. The van der Waals surface area contributed by atoms with Gasteiger partial charge in [-0.05, 0) is 35.6 Å². The zero-order chi connectivity index (χ0) is 18.2. The SMILES string of the molecule is COc1ccc(C(NC(=O)CCC(C)c2ccccc2)C(=O)O)cc1. The summed E-state index contributed by atoms with van der Waals surface area (Å²) >= 11 is 0. The van der Waals surface area contributed by atoms with Crippen molar-refractivity contribution in [2.24, 2.45) is 0 Å².